The summed E-state index contributed by atoms with van der Waals surface area (Å²) in [4.78, 5) is 47.3. The van der Waals surface area contributed by atoms with E-state index < -0.39 is 0 Å². The van der Waals surface area contributed by atoms with Crippen molar-refractivity contribution < 1.29 is 14.3 Å². The van der Waals surface area contributed by atoms with E-state index >= 15 is 0 Å². The molecule has 0 aliphatic carbocycles. The first-order valence-corrected chi connectivity index (χ1v) is 8.67. The third-order valence-electron chi connectivity index (χ3n) is 4.94. The van der Waals surface area contributed by atoms with Gasteiger partial charge in [0.1, 0.15) is 12.4 Å². The number of ether oxygens (including phenoxy) is 1. The second-order valence-electron chi connectivity index (χ2n) is 6.60. The van der Waals surface area contributed by atoms with Gasteiger partial charge in [-0.2, -0.15) is 0 Å². The Kier molecular flexibility index (Phi) is 5.17. The number of amides is 2. The number of rotatable bonds is 3. The van der Waals surface area contributed by atoms with Crippen molar-refractivity contribution in [1.82, 2.24) is 19.8 Å². The largest absolute Gasteiger partial charge is 0.375 e. The van der Waals surface area contributed by atoms with Crippen LogP contribution in [0.3, 0.4) is 0 Å². The lowest BCUT2D eigenvalue weighted by Gasteiger charge is -2.35. The minimum Gasteiger partial charge on any atom is -0.375 e. The smallest absolute Gasteiger partial charge is 0.256 e. The van der Waals surface area contributed by atoms with Gasteiger partial charge < -0.3 is 19.5 Å². The highest BCUT2D eigenvalue weighted by Gasteiger charge is 2.31. The van der Waals surface area contributed by atoms with E-state index in [-0.39, 0.29) is 30.0 Å². The number of hydrogen-bond donors (Lipinski definition) is 1. The molecule has 1 atom stereocenters. The van der Waals surface area contributed by atoms with Crippen molar-refractivity contribution in [3.8, 4) is 0 Å². The summed E-state index contributed by atoms with van der Waals surface area (Å²) >= 11 is 0. The second-order valence-corrected chi connectivity index (χ2v) is 6.60. The van der Waals surface area contributed by atoms with Crippen LogP contribution in [0, 0.1) is 0 Å². The van der Waals surface area contributed by atoms with Gasteiger partial charge in [-0.25, -0.2) is 4.98 Å². The molecule has 3 rings (SSSR count). The van der Waals surface area contributed by atoms with Gasteiger partial charge in [0.2, 0.25) is 11.8 Å². The van der Waals surface area contributed by atoms with Gasteiger partial charge in [-0.05, 0) is 19.3 Å². The van der Waals surface area contributed by atoms with Crippen LogP contribution in [0.1, 0.15) is 49.3 Å². The molecule has 2 amide bonds. The molecule has 2 aliphatic rings. The van der Waals surface area contributed by atoms with Crippen LogP contribution in [0.4, 0.5) is 0 Å². The fourth-order valence-corrected chi connectivity index (χ4v) is 3.59. The Bertz CT molecular complexity index is 730. The highest BCUT2D eigenvalue weighted by atomic mass is 16.5. The third kappa shape index (κ3) is 3.58. The first kappa shape index (κ1) is 17.6. The fraction of sp³-hybridized carbons (Fsp3) is 0.647. The Balaban J connectivity index is 1.90. The van der Waals surface area contributed by atoms with E-state index in [2.05, 4.69) is 9.97 Å². The zero-order valence-corrected chi connectivity index (χ0v) is 14.7. The molecule has 1 aromatic rings. The molecule has 0 radical (unpaired) electrons. The number of hydrogen-bond acceptors (Lipinski definition) is 5. The molecule has 1 fully saturated rings. The molecule has 0 aromatic carbocycles. The Labute approximate surface area is 146 Å². The van der Waals surface area contributed by atoms with E-state index in [0.29, 0.717) is 37.4 Å². The molecule has 0 spiro atoms. The van der Waals surface area contributed by atoms with Crippen LogP contribution in [0.25, 0.3) is 0 Å². The van der Waals surface area contributed by atoms with Crippen molar-refractivity contribution in [3.63, 3.8) is 0 Å². The molecule has 8 nitrogen and oxygen atoms in total. The van der Waals surface area contributed by atoms with Gasteiger partial charge in [0.25, 0.3) is 5.56 Å². The average Bonchev–Trinajstić information content (AvgIpc) is 2.61. The Morgan fingerprint density at radius 3 is 2.84 bits per heavy atom. The van der Waals surface area contributed by atoms with Gasteiger partial charge in [-0.3, -0.25) is 14.4 Å². The first-order valence-electron chi connectivity index (χ1n) is 8.67. The molecular weight excluding hydrogens is 324 g/mol. The van der Waals surface area contributed by atoms with Gasteiger partial charge in [-0.15, -0.1) is 0 Å². The zero-order valence-electron chi connectivity index (χ0n) is 14.7. The van der Waals surface area contributed by atoms with Crippen molar-refractivity contribution in [2.45, 2.75) is 45.2 Å². The van der Waals surface area contributed by atoms with E-state index in [1.807, 2.05) is 0 Å². The summed E-state index contributed by atoms with van der Waals surface area (Å²) in [6.45, 7) is 3.03. The summed E-state index contributed by atoms with van der Waals surface area (Å²) in [5.41, 5.74) is 1.08. The number of likely N-dealkylation sites (tertiary alicyclic amines) is 1. The number of carbonyl (C=O) groups excluding carboxylic acids is 2. The maximum atomic E-state index is 12.5. The van der Waals surface area contributed by atoms with Gasteiger partial charge >= 0.3 is 0 Å². The van der Waals surface area contributed by atoms with E-state index in [0.717, 1.165) is 25.0 Å². The van der Waals surface area contributed by atoms with Crippen LogP contribution >= 0.6 is 0 Å². The number of methoxy groups -OCH3 is 1. The molecule has 1 N–H and O–H groups in total. The van der Waals surface area contributed by atoms with E-state index in [9.17, 15) is 14.4 Å². The first-order chi connectivity index (χ1) is 12.0. The van der Waals surface area contributed by atoms with Crippen molar-refractivity contribution in [2.24, 2.45) is 0 Å². The Hall–Kier alpha value is -2.22. The normalized spacial score (nSPS) is 20.3. The van der Waals surface area contributed by atoms with Crippen LogP contribution in [-0.4, -0.2) is 58.4 Å². The standard InChI is InChI=1S/C17H24N4O4/c1-11(22)20-8-6-13-12(9-20)17(24)19-16(18-13)14-5-3-4-7-21(14)15(23)10-25-2/h14H,3-10H2,1-2H3,(H,18,19,24)/t14-/m1/s1. The molecular formula is C17H24N4O4. The van der Waals surface area contributed by atoms with Gasteiger partial charge in [0, 0.05) is 33.5 Å². The molecule has 0 unspecified atom stereocenters. The highest BCUT2D eigenvalue weighted by Crippen LogP contribution is 2.29. The van der Waals surface area contributed by atoms with Crippen molar-refractivity contribution >= 4 is 11.8 Å². The molecule has 136 valence electrons. The number of fused-ring (bicyclic) bond motifs is 1. The maximum Gasteiger partial charge on any atom is 0.256 e. The van der Waals surface area contributed by atoms with Crippen molar-refractivity contribution in [3.05, 3.63) is 27.4 Å². The lowest BCUT2D eigenvalue weighted by Crippen LogP contribution is -2.43. The summed E-state index contributed by atoms with van der Waals surface area (Å²) in [5.74, 6) is 0.414. The van der Waals surface area contributed by atoms with E-state index in [4.69, 9.17) is 4.74 Å². The predicted molar refractivity (Wildman–Crippen MR) is 89.8 cm³/mol. The highest BCUT2D eigenvalue weighted by molar-refractivity contribution is 5.78. The lowest BCUT2D eigenvalue weighted by atomic mass is 10.00. The van der Waals surface area contributed by atoms with Crippen LogP contribution in [0.5, 0.6) is 0 Å². The SMILES string of the molecule is COCC(=O)N1CCCC[C@@H]1c1nc2c(c(=O)[nH]1)CN(C(C)=O)CC2. The molecule has 1 aromatic heterocycles. The summed E-state index contributed by atoms with van der Waals surface area (Å²) in [7, 11) is 1.50. The topological polar surface area (TPSA) is 95.6 Å². The van der Waals surface area contributed by atoms with E-state index in [1.165, 1.54) is 14.0 Å². The Morgan fingerprint density at radius 2 is 2.12 bits per heavy atom. The Morgan fingerprint density at radius 1 is 1.32 bits per heavy atom. The quantitative estimate of drug-likeness (QED) is 0.852. The number of nitrogens with zero attached hydrogens (tertiary/aromatic N) is 3. The second kappa shape index (κ2) is 7.35. The van der Waals surface area contributed by atoms with Gasteiger partial charge in [-0.1, -0.05) is 0 Å². The molecule has 1 saturated heterocycles. The number of piperidine rings is 1. The van der Waals surface area contributed by atoms with E-state index in [1.54, 1.807) is 9.80 Å². The number of carbonyl (C=O) groups is 2. The molecule has 25 heavy (non-hydrogen) atoms. The van der Waals surface area contributed by atoms with Gasteiger partial charge in [0.15, 0.2) is 0 Å². The minimum atomic E-state index is -0.222. The summed E-state index contributed by atoms with van der Waals surface area (Å²) < 4.78 is 4.97. The third-order valence-corrected chi connectivity index (χ3v) is 4.94. The van der Waals surface area contributed by atoms with Crippen LogP contribution < -0.4 is 5.56 Å². The monoisotopic (exact) mass is 348 g/mol. The maximum absolute atomic E-state index is 12.5. The summed E-state index contributed by atoms with van der Waals surface area (Å²) in [6, 6.07) is -0.222. The predicted octanol–water partition coefficient (Wildman–Crippen LogP) is 0.375. The molecule has 0 bridgehead atoms. The number of aromatic amines is 1. The van der Waals surface area contributed by atoms with Crippen LogP contribution in [0.15, 0.2) is 4.79 Å². The number of nitrogens with one attached hydrogen (secondary N) is 1. The van der Waals surface area contributed by atoms with Gasteiger partial charge in [0.05, 0.1) is 23.8 Å². The molecule has 2 aliphatic heterocycles. The summed E-state index contributed by atoms with van der Waals surface area (Å²) in [6.07, 6.45) is 3.26. The van der Waals surface area contributed by atoms with Crippen LogP contribution in [-0.2, 0) is 27.3 Å². The van der Waals surface area contributed by atoms with Crippen molar-refractivity contribution in [2.75, 3.05) is 26.8 Å². The molecule has 3 heterocycles. The molecule has 8 heteroatoms. The lowest BCUT2D eigenvalue weighted by molar-refractivity contribution is -0.139. The summed E-state index contributed by atoms with van der Waals surface area (Å²) in [5, 5.41) is 0. The number of H-pyrrole nitrogens is 1. The molecule has 0 saturated carbocycles. The minimum absolute atomic E-state index is 0.0270. The fourth-order valence-electron chi connectivity index (χ4n) is 3.59. The number of aromatic nitrogens is 2. The van der Waals surface area contributed by atoms with Crippen molar-refractivity contribution in [1.29, 1.82) is 0 Å². The zero-order chi connectivity index (χ0) is 18.0. The average molecular weight is 348 g/mol. The van der Waals surface area contributed by atoms with Crippen LogP contribution in [0.2, 0.25) is 0 Å².